The van der Waals surface area contributed by atoms with Gasteiger partial charge in [-0.25, -0.2) is 0 Å². The van der Waals surface area contributed by atoms with E-state index < -0.39 is 6.04 Å². The van der Waals surface area contributed by atoms with Gasteiger partial charge >= 0.3 is 0 Å². The minimum atomic E-state index is -0.551. The summed E-state index contributed by atoms with van der Waals surface area (Å²) in [7, 11) is 0. The van der Waals surface area contributed by atoms with Gasteiger partial charge in [0.2, 0.25) is 11.8 Å². The standard InChI is InChI=1S/C13H19N3O3.ClH/c1-9(16-13(18)11-5-2-6-14-11)12(17)15-8-10-4-3-7-19-10;/h3-4,7,9,11,14H,2,5-6,8H2,1H3,(H,15,17)(H,16,18);1H. The molecule has 2 amide bonds. The van der Waals surface area contributed by atoms with E-state index in [4.69, 9.17) is 4.42 Å². The van der Waals surface area contributed by atoms with Gasteiger partial charge in [0.15, 0.2) is 0 Å². The minimum Gasteiger partial charge on any atom is -0.467 e. The van der Waals surface area contributed by atoms with Crippen LogP contribution in [-0.2, 0) is 16.1 Å². The third-order valence-electron chi connectivity index (χ3n) is 3.15. The Morgan fingerprint density at radius 1 is 1.55 bits per heavy atom. The molecule has 1 aliphatic heterocycles. The van der Waals surface area contributed by atoms with E-state index in [1.54, 1.807) is 25.3 Å². The summed E-state index contributed by atoms with van der Waals surface area (Å²) in [6.45, 7) is 2.86. The fourth-order valence-electron chi connectivity index (χ4n) is 2.03. The summed E-state index contributed by atoms with van der Waals surface area (Å²) in [5, 5.41) is 8.52. The number of carbonyl (C=O) groups excluding carboxylic acids is 2. The van der Waals surface area contributed by atoms with Crippen LogP contribution in [0.2, 0.25) is 0 Å². The van der Waals surface area contributed by atoms with E-state index in [2.05, 4.69) is 16.0 Å². The third-order valence-corrected chi connectivity index (χ3v) is 3.15. The van der Waals surface area contributed by atoms with Crippen molar-refractivity contribution in [1.29, 1.82) is 0 Å². The Labute approximate surface area is 124 Å². The summed E-state index contributed by atoms with van der Waals surface area (Å²) in [6, 6.07) is 2.83. The summed E-state index contributed by atoms with van der Waals surface area (Å²) >= 11 is 0. The van der Waals surface area contributed by atoms with Crippen molar-refractivity contribution >= 4 is 24.2 Å². The van der Waals surface area contributed by atoms with Gasteiger partial charge in [0.05, 0.1) is 18.8 Å². The van der Waals surface area contributed by atoms with Crippen LogP contribution < -0.4 is 16.0 Å². The van der Waals surface area contributed by atoms with Gasteiger partial charge in [-0.3, -0.25) is 9.59 Å². The molecule has 6 nitrogen and oxygen atoms in total. The molecular weight excluding hydrogens is 282 g/mol. The van der Waals surface area contributed by atoms with E-state index in [1.807, 2.05) is 0 Å². The average Bonchev–Trinajstić information content (AvgIpc) is 3.08. The molecule has 1 saturated heterocycles. The zero-order valence-corrected chi connectivity index (χ0v) is 12.2. The molecule has 0 aliphatic carbocycles. The summed E-state index contributed by atoms with van der Waals surface area (Å²) in [5.41, 5.74) is 0. The number of carbonyl (C=O) groups is 2. The summed E-state index contributed by atoms with van der Waals surface area (Å²) in [4.78, 5) is 23.6. The molecule has 7 heteroatoms. The zero-order valence-electron chi connectivity index (χ0n) is 11.3. The molecule has 0 spiro atoms. The van der Waals surface area contributed by atoms with E-state index in [-0.39, 0.29) is 30.3 Å². The van der Waals surface area contributed by atoms with Gasteiger partial charge in [0, 0.05) is 0 Å². The number of hydrogen-bond acceptors (Lipinski definition) is 4. The van der Waals surface area contributed by atoms with Gasteiger partial charge in [0.1, 0.15) is 11.8 Å². The van der Waals surface area contributed by atoms with Gasteiger partial charge in [-0.1, -0.05) is 0 Å². The second-order valence-electron chi connectivity index (χ2n) is 4.68. The van der Waals surface area contributed by atoms with E-state index in [0.717, 1.165) is 19.4 Å². The van der Waals surface area contributed by atoms with E-state index in [9.17, 15) is 9.59 Å². The van der Waals surface area contributed by atoms with Crippen molar-refractivity contribution in [2.45, 2.75) is 38.4 Å². The first-order chi connectivity index (χ1) is 9.16. The second kappa shape index (κ2) is 7.91. The first-order valence-corrected chi connectivity index (χ1v) is 6.50. The van der Waals surface area contributed by atoms with Gasteiger partial charge in [-0.15, -0.1) is 12.4 Å². The van der Waals surface area contributed by atoms with Crippen LogP contribution in [0.1, 0.15) is 25.5 Å². The number of nitrogens with one attached hydrogen (secondary N) is 3. The molecule has 20 heavy (non-hydrogen) atoms. The molecule has 1 aromatic rings. The maximum Gasteiger partial charge on any atom is 0.242 e. The van der Waals surface area contributed by atoms with Crippen molar-refractivity contribution in [2.75, 3.05) is 6.54 Å². The molecule has 0 bridgehead atoms. The van der Waals surface area contributed by atoms with E-state index in [0.29, 0.717) is 12.3 Å². The van der Waals surface area contributed by atoms with Crippen molar-refractivity contribution in [1.82, 2.24) is 16.0 Å². The molecule has 112 valence electrons. The number of furan rings is 1. The first-order valence-electron chi connectivity index (χ1n) is 6.50. The largest absolute Gasteiger partial charge is 0.467 e. The molecule has 2 unspecified atom stereocenters. The van der Waals surface area contributed by atoms with Crippen molar-refractivity contribution in [3.05, 3.63) is 24.2 Å². The van der Waals surface area contributed by atoms with Crippen LogP contribution >= 0.6 is 12.4 Å². The van der Waals surface area contributed by atoms with Crippen LogP contribution in [0.25, 0.3) is 0 Å². The lowest BCUT2D eigenvalue weighted by Gasteiger charge is -2.16. The predicted molar refractivity (Wildman–Crippen MR) is 76.4 cm³/mol. The van der Waals surface area contributed by atoms with Crippen molar-refractivity contribution in [2.24, 2.45) is 0 Å². The molecule has 2 rings (SSSR count). The van der Waals surface area contributed by atoms with Crippen LogP contribution in [0.15, 0.2) is 22.8 Å². The Kier molecular flexibility index (Phi) is 6.54. The quantitative estimate of drug-likeness (QED) is 0.743. The predicted octanol–water partition coefficient (Wildman–Crippen LogP) is 0.574. The Morgan fingerprint density at radius 2 is 2.35 bits per heavy atom. The van der Waals surface area contributed by atoms with Crippen molar-refractivity contribution in [3.8, 4) is 0 Å². The van der Waals surface area contributed by atoms with Crippen LogP contribution in [0, 0.1) is 0 Å². The summed E-state index contributed by atoms with van der Waals surface area (Å²) in [5.74, 6) is 0.352. The maximum absolute atomic E-state index is 11.8. The second-order valence-corrected chi connectivity index (χ2v) is 4.68. The molecule has 1 aromatic heterocycles. The Morgan fingerprint density at radius 3 is 2.95 bits per heavy atom. The number of hydrogen-bond donors (Lipinski definition) is 3. The first kappa shape index (κ1) is 16.5. The molecule has 3 N–H and O–H groups in total. The Balaban J connectivity index is 0.00000200. The van der Waals surface area contributed by atoms with Gasteiger partial charge in [-0.2, -0.15) is 0 Å². The van der Waals surface area contributed by atoms with E-state index >= 15 is 0 Å². The lowest BCUT2D eigenvalue weighted by molar-refractivity contribution is -0.129. The van der Waals surface area contributed by atoms with Gasteiger partial charge in [0.25, 0.3) is 0 Å². The highest BCUT2D eigenvalue weighted by Crippen LogP contribution is 2.05. The summed E-state index contributed by atoms with van der Waals surface area (Å²) < 4.78 is 5.11. The topological polar surface area (TPSA) is 83.4 Å². The maximum atomic E-state index is 11.8. The lowest BCUT2D eigenvalue weighted by atomic mass is 10.2. The third kappa shape index (κ3) is 4.54. The van der Waals surface area contributed by atoms with Crippen molar-refractivity contribution < 1.29 is 14.0 Å². The monoisotopic (exact) mass is 301 g/mol. The normalized spacial score (nSPS) is 18.9. The fourth-order valence-corrected chi connectivity index (χ4v) is 2.03. The highest BCUT2D eigenvalue weighted by Gasteiger charge is 2.24. The smallest absolute Gasteiger partial charge is 0.242 e. The van der Waals surface area contributed by atoms with Crippen LogP contribution in [0.3, 0.4) is 0 Å². The molecule has 2 heterocycles. The number of halogens is 1. The molecule has 0 radical (unpaired) electrons. The van der Waals surface area contributed by atoms with Crippen molar-refractivity contribution in [3.63, 3.8) is 0 Å². The number of amides is 2. The lowest BCUT2D eigenvalue weighted by Crippen LogP contribution is -2.49. The molecule has 2 atom stereocenters. The molecule has 1 aliphatic rings. The Bertz CT molecular complexity index is 430. The van der Waals surface area contributed by atoms with E-state index in [1.165, 1.54) is 0 Å². The highest BCUT2D eigenvalue weighted by atomic mass is 35.5. The van der Waals surface area contributed by atoms with Crippen LogP contribution in [-0.4, -0.2) is 30.4 Å². The van der Waals surface area contributed by atoms with Crippen LogP contribution in [0.4, 0.5) is 0 Å². The average molecular weight is 302 g/mol. The molecule has 0 aromatic carbocycles. The molecular formula is C13H20ClN3O3. The summed E-state index contributed by atoms with van der Waals surface area (Å²) in [6.07, 6.45) is 3.38. The fraction of sp³-hybridized carbons (Fsp3) is 0.538. The van der Waals surface area contributed by atoms with Gasteiger partial charge in [-0.05, 0) is 38.4 Å². The Hall–Kier alpha value is -1.53. The van der Waals surface area contributed by atoms with Gasteiger partial charge < -0.3 is 20.4 Å². The minimum absolute atomic E-state index is 0. The van der Waals surface area contributed by atoms with Crippen LogP contribution in [0.5, 0.6) is 0 Å². The zero-order chi connectivity index (χ0) is 13.7. The molecule has 0 saturated carbocycles. The highest BCUT2D eigenvalue weighted by molar-refractivity contribution is 5.89. The number of rotatable bonds is 5. The SMILES string of the molecule is CC(NC(=O)C1CCCN1)C(=O)NCc1ccco1.Cl. The molecule has 1 fully saturated rings.